The predicted octanol–water partition coefficient (Wildman–Crippen LogP) is 3.02. The second kappa shape index (κ2) is 14.6. The number of aryl methyl sites for hydroxylation is 1. The summed E-state index contributed by atoms with van der Waals surface area (Å²) in [6.07, 6.45) is -4.47. The molecule has 13 nitrogen and oxygen atoms in total. The van der Waals surface area contributed by atoms with Crippen LogP contribution in [0.25, 0.3) is 0 Å². The molecule has 0 spiro atoms. The Labute approximate surface area is 328 Å². The van der Waals surface area contributed by atoms with Crippen molar-refractivity contribution in [3.8, 4) is 34.8 Å². The van der Waals surface area contributed by atoms with Gasteiger partial charge in [0.1, 0.15) is 17.8 Å². The number of phenols is 1. The number of hydrogen-bond acceptors (Lipinski definition) is 11. The van der Waals surface area contributed by atoms with Crippen molar-refractivity contribution >= 4 is 17.8 Å². The number of alkyl halides is 3. The van der Waals surface area contributed by atoms with Crippen molar-refractivity contribution in [1.29, 1.82) is 5.26 Å². The summed E-state index contributed by atoms with van der Waals surface area (Å²) in [5, 5.41) is 26.8. The molecule has 1 radical (unpaired) electrons. The van der Waals surface area contributed by atoms with Crippen LogP contribution in [0.1, 0.15) is 65.7 Å². The number of hydrogen-bond donors (Lipinski definition) is 3. The Morgan fingerprint density at radius 3 is 2.45 bits per heavy atom. The Hall–Kier alpha value is -3.31. The Morgan fingerprint density at radius 2 is 1.82 bits per heavy atom. The first-order valence-corrected chi connectivity index (χ1v) is 16.2. The zero-order valence-corrected chi connectivity index (χ0v) is 33.7. The minimum absolute atomic E-state index is 0. The van der Waals surface area contributed by atoms with Gasteiger partial charge in [-0.2, -0.15) is 18.4 Å². The van der Waals surface area contributed by atoms with Crippen LogP contribution in [0.15, 0.2) is 6.07 Å². The number of carbonyl (C=O) groups excluding carboxylic acids is 3. The molecule has 1 saturated heterocycles. The standard InChI is InChI=1S/C34H38F3N5O8.Ac/c1-7-23(43)50-31-24-17(8-14(2)28(31)47-6)9-19-21(11-38)42-20(26(24)41(19)5)10-18-25(30-29(48-13-49-30)15(3)27(18)44)22(42)12-39-32(45)16(4)40-33(46)34(35,36)37;/h8,16,19-22,26,44H,7,9-10,12-13H2,1-6H3,(H,39,45)(H,40,46);/t16-,19-,20?,21-,22-,26-;/m0./s1. The van der Waals surface area contributed by atoms with Crippen molar-refractivity contribution in [2.45, 2.75) is 89.4 Å². The summed E-state index contributed by atoms with van der Waals surface area (Å²) in [4.78, 5) is 41.5. The van der Waals surface area contributed by atoms with E-state index in [1.807, 2.05) is 24.9 Å². The van der Waals surface area contributed by atoms with Gasteiger partial charge in [0.25, 0.3) is 0 Å². The molecule has 271 valence electrons. The molecule has 4 aliphatic rings. The maximum Gasteiger partial charge on any atom is 0.471 e. The molecule has 6 rings (SSSR count). The van der Waals surface area contributed by atoms with E-state index in [0.29, 0.717) is 45.9 Å². The van der Waals surface area contributed by atoms with Crippen molar-refractivity contribution in [2.75, 3.05) is 27.5 Å². The second-order valence-electron chi connectivity index (χ2n) is 13.0. The van der Waals surface area contributed by atoms with Crippen molar-refractivity contribution < 1.29 is 95.7 Å². The molecule has 0 saturated carbocycles. The number of carbonyl (C=O) groups is 3. The topological polar surface area (TPSA) is 163 Å². The van der Waals surface area contributed by atoms with E-state index in [2.05, 4.69) is 16.3 Å². The number of nitrogens with zero attached hydrogens (tertiary/aromatic N) is 3. The van der Waals surface area contributed by atoms with E-state index in [0.717, 1.165) is 18.1 Å². The molecule has 3 N–H and O–H groups in total. The van der Waals surface area contributed by atoms with E-state index < -0.39 is 54.2 Å². The molecule has 4 heterocycles. The number of aromatic hydroxyl groups is 1. The molecular formula is C34H38AcF3N5O8. The van der Waals surface area contributed by atoms with Crippen LogP contribution in [0.4, 0.5) is 13.2 Å². The monoisotopic (exact) mass is 928 g/mol. The van der Waals surface area contributed by atoms with Gasteiger partial charge in [-0.3, -0.25) is 24.2 Å². The van der Waals surface area contributed by atoms with E-state index in [1.165, 1.54) is 7.11 Å². The molecule has 2 aromatic rings. The molecule has 4 aliphatic heterocycles. The van der Waals surface area contributed by atoms with Crippen LogP contribution in [0, 0.1) is 69.2 Å². The number of piperazine rings is 1. The zero-order chi connectivity index (χ0) is 36.4. The minimum atomic E-state index is -5.18. The number of ether oxygens (including phenoxy) is 4. The van der Waals surface area contributed by atoms with Crippen molar-refractivity contribution in [3.05, 3.63) is 39.4 Å². The summed E-state index contributed by atoms with van der Waals surface area (Å²) < 4.78 is 62.2. The Balaban J connectivity index is 0.00000504. The molecule has 2 bridgehead atoms. The number of benzene rings is 2. The first kappa shape index (κ1) is 38.9. The van der Waals surface area contributed by atoms with E-state index in [-0.39, 0.29) is 87.8 Å². The van der Waals surface area contributed by atoms with E-state index in [4.69, 9.17) is 18.9 Å². The van der Waals surface area contributed by atoms with E-state index in [1.54, 1.807) is 19.2 Å². The van der Waals surface area contributed by atoms with Crippen LogP contribution in [0.2, 0.25) is 0 Å². The van der Waals surface area contributed by atoms with Gasteiger partial charge in [0, 0.05) is 91.4 Å². The van der Waals surface area contributed by atoms with Gasteiger partial charge in [-0.1, -0.05) is 13.0 Å². The summed E-state index contributed by atoms with van der Waals surface area (Å²) in [6, 6.07) is -0.191. The number of fused-ring (bicyclic) bond motifs is 9. The van der Waals surface area contributed by atoms with Gasteiger partial charge in [0.05, 0.1) is 25.3 Å². The number of nitriles is 1. The number of amides is 2. The summed E-state index contributed by atoms with van der Waals surface area (Å²) in [5.74, 6) is -2.36. The molecule has 0 aromatic heterocycles. The summed E-state index contributed by atoms with van der Waals surface area (Å²) in [7, 11) is 3.38. The number of halogens is 3. The van der Waals surface area contributed by atoms with Crippen LogP contribution in [-0.4, -0.2) is 90.5 Å². The molecular weight excluding hydrogens is 890 g/mol. The number of esters is 1. The number of likely N-dealkylation sites (N-methyl/N-ethyl adjacent to an activating group) is 1. The van der Waals surface area contributed by atoms with Crippen molar-refractivity contribution in [3.63, 3.8) is 0 Å². The Bertz CT molecular complexity index is 1820. The Morgan fingerprint density at radius 1 is 1.14 bits per heavy atom. The fourth-order valence-electron chi connectivity index (χ4n) is 8.00. The quantitative estimate of drug-likeness (QED) is 0.277. The average Bonchev–Trinajstić information content (AvgIpc) is 3.56. The van der Waals surface area contributed by atoms with Gasteiger partial charge in [0.15, 0.2) is 23.0 Å². The van der Waals surface area contributed by atoms with Crippen molar-refractivity contribution in [1.82, 2.24) is 20.4 Å². The SMILES string of the molecule is CCC(=O)Oc1c(OC)c(C)cc2c1[C@@H]1C3Cc4c(O)c(C)c5c(c4[C@H](CNC(=O)[C@H](C)NC(=O)C(F)(F)F)N3[C@@H](C#N)[C@H](C2)N1C)OCO5.[Ac]. The van der Waals surface area contributed by atoms with Gasteiger partial charge in [-0.05, 0) is 51.8 Å². The molecule has 51 heavy (non-hydrogen) atoms. The molecule has 1 unspecified atom stereocenters. The van der Waals surface area contributed by atoms with Crippen LogP contribution >= 0.6 is 0 Å². The first-order valence-electron chi connectivity index (χ1n) is 16.2. The fraction of sp³-hybridized carbons (Fsp3) is 0.529. The predicted molar refractivity (Wildman–Crippen MR) is 169 cm³/mol. The molecule has 1 fully saturated rings. The first-order chi connectivity index (χ1) is 23.6. The summed E-state index contributed by atoms with van der Waals surface area (Å²) in [5.41, 5.74) is 3.74. The summed E-state index contributed by atoms with van der Waals surface area (Å²) >= 11 is 0. The maximum atomic E-state index is 13.2. The van der Waals surface area contributed by atoms with Crippen molar-refractivity contribution in [2.24, 2.45) is 0 Å². The number of nitrogens with one attached hydrogen (secondary N) is 2. The second-order valence-corrected chi connectivity index (χ2v) is 13.0. The van der Waals surface area contributed by atoms with Crippen LogP contribution in [0.3, 0.4) is 0 Å². The van der Waals surface area contributed by atoms with E-state index >= 15 is 0 Å². The summed E-state index contributed by atoms with van der Waals surface area (Å²) in [6.45, 7) is 5.98. The van der Waals surface area contributed by atoms with Crippen LogP contribution < -0.4 is 29.6 Å². The van der Waals surface area contributed by atoms with Gasteiger partial charge >= 0.3 is 18.1 Å². The van der Waals surface area contributed by atoms with Gasteiger partial charge in [-0.25, -0.2) is 0 Å². The Kier molecular flexibility index (Phi) is 11.1. The van der Waals surface area contributed by atoms with Gasteiger partial charge in [0.2, 0.25) is 12.7 Å². The third kappa shape index (κ3) is 6.51. The molecule has 2 aromatic carbocycles. The minimum Gasteiger partial charge on any atom is -0.507 e. The molecule has 0 aliphatic carbocycles. The largest absolute Gasteiger partial charge is 0.507 e. The third-order valence-electron chi connectivity index (χ3n) is 10.2. The smallest absolute Gasteiger partial charge is 0.471 e. The molecule has 2 amide bonds. The fourth-order valence-corrected chi connectivity index (χ4v) is 8.00. The molecule has 6 atom stereocenters. The third-order valence-corrected chi connectivity index (χ3v) is 10.2. The molecule has 17 heteroatoms. The van der Waals surface area contributed by atoms with Gasteiger partial charge < -0.3 is 34.7 Å². The number of methoxy groups -OCH3 is 1. The number of rotatable bonds is 7. The zero-order valence-electron chi connectivity index (χ0n) is 28.9. The van der Waals surface area contributed by atoms with Crippen LogP contribution in [0.5, 0.6) is 28.7 Å². The van der Waals surface area contributed by atoms with E-state index in [9.17, 15) is 37.9 Å². The van der Waals surface area contributed by atoms with Gasteiger partial charge in [-0.15, -0.1) is 0 Å². The number of phenolic OH excluding ortho intramolecular Hbond substituents is 1. The normalized spacial score (nSPS) is 23.7. The maximum absolute atomic E-state index is 13.2. The van der Waals surface area contributed by atoms with Crippen LogP contribution in [-0.2, 0) is 27.2 Å². The average molecular weight is 929 g/mol.